The van der Waals surface area contributed by atoms with Crippen LogP contribution in [0, 0.1) is 11.6 Å². The third-order valence-electron chi connectivity index (χ3n) is 1.90. The van der Waals surface area contributed by atoms with Crippen LogP contribution in [0.4, 0.5) is 8.78 Å². The topological polar surface area (TPSA) is 46.5 Å². The number of esters is 1. The summed E-state index contributed by atoms with van der Waals surface area (Å²) in [7, 11) is 1.23. The second-order valence-electron chi connectivity index (χ2n) is 2.98. The smallest absolute Gasteiger partial charge is 0.309 e. The van der Waals surface area contributed by atoms with E-state index in [-0.39, 0.29) is 12.0 Å². The average molecular weight is 228 g/mol. The van der Waals surface area contributed by atoms with Gasteiger partial charge in [0.25, 0.3) is 0 Å². The van der Waals surface area contributed by atoms with Crippen molar-refractivity contribution in [1.29, 1.82) is 0 Å². The summed E-state index contributed by atoms with van der Waals surface area (Å²) in [4.78, 5) is 10.7. The average Bonchev–Trinajstić information content (AvgIpc) is 2.29. The standard InChI is InChI=1S/C11H10F2O3/c1-16-9(15)4-2-3-7-5-6-8(14)11(13)10(7)12/h2-3,5-6,14H,4H2,1H3. The molecule has 0 radical (unpaired) electrons. The van der Waals surface area contributed by atoms with Crippen LogP contribution in [-0.2, 0) is 9.53 Å². The molecule has 0 saturated heterocycles. The van der Waals surface area contributed by atoms with Gasteiger partial charge in [-0.3, -0.25) is 4.79 Å². The van der Waals surface area contributed by atoms with Crippen LogP contribution in [0.5, 0.6) is 5.75 Å². The number of aromatic hydroxyl groups is 1. The van der Waals surface area contributed by atoms with Crippen molar-refractivity contribution in [1.82, 2.24) is 0 Å². The first-order valence-corrected chi connectivity index (χ1v) is 4.46. The van der Waals surface area contributed by atoms with E-state index in [0.29, 0.717) is 0 Å². The van der Waals surface area contributed by atoms with E-state index >= 15 is 0 Å². The Morgan fingerprint density at radius 2 is 2.12 bits per heavy atom. The summed E-state index contributed by atoms with van der Waals surface area (Å²) in [6.45, 7) is 0. The molecule has 0 unspecified atom stereocenters. The zero-order valence-electron chi connectivity index (χ0n) is 8.54. The molecule has 3 nitrogen and oxygen atoms in total. The molecule has 0 saturated carbocycles. The summed E-state index contributed by atoms with van der Waals surface area (Å²) in [5.74, 6) is -3.68. The molecular formula is C11H10F2O3. The number of benzene rings is 1. The Morgan fingerprint density at radius 1 is 1.44 bits per heavy atom. The van der Waals surface area contributed by atoms with Crippen molar-refractivity contribution < 1.29 is 23.4 Å². The SMILES string of the molecule is COC(=O)CC=Cc1ccc(O)c(F)c1F. The Kier molecular flexibility index (Phi) is 3.99. The maximum atomic E-state index is 13.2. The zero-order chi connectivity index (χ0) is 12.1. The van der Waals surface area contributed by atoms with Crippen LogP contribution in [0.3, 0.4) is 0 Å². The van der Waals surface area contributed by atoms with E-state index in [1.54, 1.807) is 0 Å². The Balaban J connectivity index is 2.82. The van der Waals surface area contributed by atoms with Crippen LogP contribution in [0.1, 0.15) is 12.0 Å². The maximum absolute atomic E-state index is 13.2. The predicted octanol–water partition coefficient (Wildman–Crippen LogP) is 2.25. The number of phenolic OH excluding ortho intramolecular Hbond substituents is 1. The van der Waals surface area contributed by atoms with Gasteiger partial charge < -0.3 is 9.84 Å². The van der Waals surface area contributed by atoms with Crippen LogP contribution in [0.15, 0.2) is 18.2 Å². The molecule has 0 heterocycles. The van der Waals surface area contributed by atoms with Gasteiger partial charge in [0.05, 0.1) is 13.5 Å². The van der Waals surface area contributed by atoms with Crippen LogP contribution in [0.25, 0.3) is 6.08 Å². The third kappa shape index (κ3) is 2.79. The number of hydrogen-bond acceptors (Lipinski definition) is 3. The Morgan fingerprint density at radius 3 is 2.75 bits per heavy atom. The molecular weight excluding hydrogens is 218 g/mol. The number of ether oxygens (including phenoxy) is 1. The molecule has 1 aromatic rings. The van der Waals surface area contributed by atoms with Crippen molar-refractivity contribution in [2.75, 3.05) is 7.11 Å². The van der Waals surface area contributed by atoms with E-state index in [0.717, 1.165) is 6.07 Å². The summed E-state index contributed by atoms with van der Waals surface area (Å²) < 4.78 is 30.4. The van der Waals surface area contributed by atoms with Crippen molar-refractivity contribution in [3.05, 3.63) is 35.4 Å². The van der Waals surface area contributed by atoms with E-state index in [4.69, 9.17) is 5.11 Å². The minimum Gasteiger partial charge on any atom is -0.505 e. The molecule has 0 aromatic heterocycles. The first kappa shape index (κ1) is 12.2. The van der Waals surface area contributed by atoms with Gasteiger partial charge in [0.15, 0.2) is 11.6 Å². The van der Waals surface area contributed by atoms with Gasteiger partial charge >= 0.3 is 5.97 Å². The number of phenols is 1. The summed E-state index contributed by atoms with van der Waals surface area (Å²) in [6.07, 6.45) is 2.56. The van der Waals surface area contributed by atoms with Gasteiger partial charge in [-0.1, -0.05) is 12.2 Å². The number of halogens is 2. The molecule has 0 fully saturated rings. The minimum absolute atomic E-state index is 0.0293. The van der Waals surface area contributed by atoms with E-state index in [1.807, 2.05) is 0 Å². The van der Waals surface area contributed by atoms with Crippen LogP contribution >= 0.6 is 0 Å². The molecule has 86 valence electrons. The first-order chi connectivity index (χ1) is 7.56. The molecule has 5 heteroatoms. The number of carbonyl (C=O) groups excluding carboxylic acids is 1. The number of methoxy groups -OCH3 is 1. The first-order valence-electron chi connectivity index (χ1n) is 4.46. The number of rotatable bonds is 3. The number of hydrogen-bond donors (Lipinski definition) is 1. The fourth-order valence-electron chi connectivity index (χ4n) is 1.05. The quantitative estimate of drug-likeness (QED) is 0.807. The van der Waals surface area contributed by atoms with Gasteiger partial charge in [-0.2, -0.15) is 4.39 Å². The molecule has 0 aliphatic carbocycles. The Bertz CT molecular complexity index is 427. The van der Waals surface area contributed by atoms with Crippen molar-refractivity contribution in [3.63, 3.8) is 0 Å². The van der Waals surface area contributed by atoms with Gasteiger partial charge in [-0.15, -0.1) is 0 Å². The van der Waals surface area contributed by atoms with Gasteiger partial charge in [-0.25, -0.2) is 4.39 Å². The molecule has 16 heavy (non-hydrogen) atoms. The predicted molar refractivity (Wildman–Crippen MR) is 53.7 cm³/mol. The normalized spacial score (nSPS) is 10.7. The lowest BCUT2D eigenvalue weighted by Crippen LogP contribution is -1.96. The van der Waals surface area contributed by atoms with Crippen molar-refractivity contribution in [2.24, 2.45) is 0 Å². The van der Waals surface area contributed by atoms with Crippen molar-refractivity contribution in [2.45, 2.75) is 6.42 Å². The van der Waals surface area contributed by atoms with Gasteiger partial charge in [0.1, 0.15) is 0 Å². The lowest BCUT2D eigenvalue weighted by atomic mass is 10.1. The molecule has 1 aromatic carbocycles. The van der Waals surface area contributed by atoms with Crippen molar-refractivity contribution in [3.8, 4) is 5.75 Å². The molecule has 0 aliphatic heterocycles. The van der Waals surface area contributed by atoms with Gasteiger partial charge in [-0.05, 0) is 12.1 Å². The van der Waals surface area contributed by atoms with E-state index in [9.17, 15) is 13.6 Å². The molecule has 0 aliphatic rings. The summed E-state index contributed by atoms with van der Waals surface area (Å²) >= 11 is 0. The highest BCUT2D eigenvalue weighted by atomic mass is 19.2. The number of carbonyl (C=O) groups is 1. The highest BCUT2D eigenvalue weighted by Crippen LogP contribution is 2.22. The molecule has 0 spiro atoms. The second kappa shape index (κ2) is 5.25. The van der Waals surface area contributed by atoms with Crippen LogP contribution in [-0.4, -0.2) is 18.2 Å². The lowest BCUT2D eigenvalue weighted by Gasteiger charge is -2.00. The largest absolute Gasteiger partial charge is 0.505 e. The zero-order valence-corrected chi connectivity index (χ0v) is 8.54. The molecule has 0 bridgehead atoms. The monoisotopic (exact) mass is 228 g/mol. The van der Waals surface area contributed by atoms with Crippen LogP contribution in [0.2, 0.25) is 0 Å². The Labute approximate surface area is 91.0 Å². The second-order valence-corrected chi connectivity index (χ2v) is 2.98. The molecule has 0 amide bonds. The van der Waals surface area contributed by atoms with Gasteiger partial charge in [0.2, 0.25) is 5.82 Å². The fraction of sp³-hybridized carbons (Fsp3) is 0.182. The molecule has 1 N–H and O–H groups in total. The van der Waals surface area contributed by atoms with Gasteiger partial charge in [0, 0.05) is 5.56 Å². The van der Waals surface area contributed by atoms with Crippen molar-refractivity contribution >= 4 is 12.0 Å². The maximum Gasteiger partial charge on any atom is 0.309 e. The highest BCUT2D eigenvalue weighted by Gasteiger charge is 2.10. The fourth-order valence-corrected chi connectivity index (χ4v) is 1.05. The highest BCUT2D eigenvalue weighted by molar-refractivity contribution is 5.72. The summed E-state index contributed by atoms with van der Waals surface area (Å²) in [6, 6.07) is 2.25. The van der Waals surface area contributed by atoms with E-state index < -0.39 is 23.4 Å². The Hall–Kier alpha value is -1.91. The molecule has 1 rings (SSSR count). The lowest BCUT2D eigenvalue weighted by molar-refractivity contribution is -0.139. The van der Waals surface area contributed by atoms with E-state index in [1.165, 1.54) is 25.3 Å². The minimum atomic E-state index is -1.31. The van der Waals surface area contributed by atoms with Crippen LogP contribution < -0.4 is 0 Å². The third-order valence-corrected chi connectivity index (χ3v) is 1.90. The summed E-state index contributed by atoms with van der Waals surface area (Å²) in [5, 5.41) is 8.86. The molecule has 0 atom stereocenters. The summed E-state index contributed by atoms with van der Waals surface area (Å²) in [5.41, 5.74) is -0.0424. The van der Waals surface area contributed by atoms with E-state index in [2.05, 4.69) is 4.74 Å².